The Kier molecular flexibility index (Phi) is 4.05. The van der Waals surface area contributed by atoms with Gasteiger partial charge in [0.2, 0.25) is 0 Å². The first-order valence-electron chi connectivity index (χ1n) is 5.02. The second kappa shape index (κ2) is 5.08. The monoisotopic (exact) mass is 198 g/mol. The lowest BCUT2D eigenvalue weighted by atomic mass is 9.98. The fourth-order valence-electron chi connectivity index (χ4n) is 1.48. The topological polar surface area (TPSA) is 0 Å². The van der Waals surface area contributed by atoms with Gasteiger partial charge in [0.05, 0.1) is 6.67 Å². The van der Waals surface area contributed by atoms with E-state index in [1.165, 1.54) is 12.1 Å². The van der Waals surface area contributed by atoms with E-state index < -0.39 is 6.67 Å². The third-order valence-corrected chi connectivity index (χ3v) is 2.32. The van der Waals surface area contributed by atoms with Crippen LogP contribution in [0.15, 0.2) is 18.2 Å². The summed E-state index contributed by atoms with van der Waals surface area (Å²) < 4.78 is 25.5. The zero-order chi connectivity index (χ0) is 10.6. The molecule has 78 valence electrons. The molecule has 0 fully saturated rings. The van der Waals surface area contributed by atoms with Gasteiger partial charge in [-0.2, -0.15) is 0 Å². The Morgan fingerprint density at radius 2 is 2.00 bits per heavy atom. The lowest BCUT2D eigenvalue weighted by Crippen LogP contribution is -1.98. The van der Waals surface area contributed by atoms with Crippen molar-refractivity contribution in [2.75, 3.05) is 6.67 Å². The van der Waals surface area contributed by atoms with Crippen molar-refractivity contribution in [3.8, 4) is 0 Å². The molecule has 0 aromatic heterocycles. The molecule has 0 radical (unpaired) electrons. The minimum Gasteiger partial charge on any atom is -0.250 e. The summed E-state index contributed by atoms with van der Waals surface area (Å²) in [5, 5.41) is 0. The molecule has 1 rings (SSSR count). The number of aryl methyl sites for hydroxylation is 1. The molecule has 0 aliphatic heterocycles. The van der Waals surface area contributed by atoms with Crippen molar-refractivity contribution in [1.82, 2.24) is 0 Å². The van der Waals surface area contributed by atoms with Crippen LogP contribution in [0.1, 0.15) is 37.3 Å². The van der Waals surface area contributed by atoms with Gasteiger partial charge in [0, 0.05) is 5.92 Å². The van der Waals surface area contributed by atoms with Crippen LogP contribution in [-0.4, -0.2) is 6.67 Å². The number of benzene rings is 1. The number of halogens is 2. The van der Waals surface area contributed by atoms with E-state index in [1.807, 2.05) is 13.0 Å². The van der Waals surface area contributed by atoms with E-state index in [0.29, 0.717) is 0 Å². The van der Waals surface area contributed by atoms with Crippen molar-refractivity contribution in [2.24, 2.45) is 0 Å². The quantitative estimate of drug-likeness (QED) is 0.689. The lowest BCUT2D eigenvalue weighted by molar-refractivity contribution is 0.446. The van der Waals surface area contributed by atoms with Crippen LogP contribution < -0.4 is 0 Å². The Bertz CT molecular complexity index is 294. The van der Waals surface area contributed by atoms with Gasteiger partial charge in [-0.05, 0) is 29.7 Å². The molecule has 0 saturated carbocycles. The predicted octanol–water partition coefficient (Wildman–Crippen LogP) is 3.85. The Labute approximate surface area is 84.0 Å². The van der Waals surface area contributed by atoms with Crippen molar-refractivity contribution in [3.05, 3.63) is 35.1 Å². The summed E-state index contributed by atoms with van der Waals surface area (Å²) >= 11 is 0. The molecule has 0 spiro atoms. The van der Waals surface area contributed by atoms with E-state index in [4.69, 9.17) is 0 Å². The Balaban J connectivity index is 2.94. The van der Waals surface area contributed by atoms with Gasteiger partial charge < -0.3 is 0 Å². The van der Waals surface area contributed by atoms with Crippen molar-refractivity contribution in [3.63, 3.8) is 0 Å². The van der Waals surface area contributed by atoms with E-state index >= 15 is 0 Å². The highest BCUT2D eigenvalue weighted by Gasteiger charge is 2.07. The molecule has 0 aliphatic rings. The first kappa shape index (κ1) is 11.2. The molecule has 0 saturated heterocycles. The minimum atomic E-state index is -0.435. The summed E-state index contributed by atoms with van der Waals surface area (Å²) in [6, 6.07) is 4.85. The number of rotatable bonds is 4. The molecule has 2 heteroatoms. The molecule has 1 atom stereocenters. The largest absolute Gasteiger partial charge is 0.250 e. The zero-order valence-corrected chi connectivity index (χ0v) is 8.69. The second-order valence-corrected chi connectivity index (χ2v) is 3.70. The maximum atomic E-state index is 13.1. The SMILES string of the molecule is CCCc1cc(F)cc(C(C)CF)c1. The van der Waals surface area contributed by atoms with E-state index in [-0.39, 0.29) is 11.7 Å². The second-order valence-electron chi connectivity index (χ2n) is 3.70. The molecule has 0 N–H and O–H groups in total. The van der Waals surface area contributed by atoms with Crippen LogP contribution >= 0.6 is 0 Å². The smallest absolute Gasteiger partial charge is 0.123 e. The third kappa shape index (κ3) is 2.79. The highest BCUT2D eigenvalue weighted by Crippen LogP contribution is 2.19. The fourth-order valence-corrected chi connectivity index (χ4v) is 1.48. The van der Waals surface area contributed by atoms with Gasteiger partial charge in [0.1, 0.15) is 5.82 Å². The van der Waals surface area contributed by atoms with Gasteiger partial charge in [-0.25, -0.2) is 4.39 Å². The van der Waals surface area contributed by atoms with Crippen LogP contribution in [0.3, 0.4) is 0 Å². The molecule has 1 unspecified atom stereocenters. The first-order chi connectivity index (χ1) is 6.67. The van der Waals surface area contributed by atoms with Gasteiger partial charge in [-0.3, -0.25) is 4.39 Å². The molecule has 1 aromatic rings. The van der Waals surface area contributed by atoms with Crippen molar-refractivity contribution >= 4 is 0 Å². The molecular weight excluding hydrogens is 182 g/mol. The average Bonchev–Trinajstić information content (AvgIpc) is 2.16. The number of alkyl halides is 1. The summed E-state index contributed by atoms with van der Waals surface area (Å²) in [6.45, 7) is 3.38. The van der Waals surface area contributed by atoms with Gasteiger partial charge in [0.15, 0.2) is 0 Å². The van der Waals surface area contributed by atoms with Crippen LogP contribution in [0.2, 0.25) is 0 Å². The molecular formula is C12H16F2. The normalized spacial score (nSPS) is 12.9. The maximum Gasteiger partial charge on any atom is 0.123 e. The summed E-state index contributed by atoms with van der Waals surface area (Å²) in [4.78, 5) is 0. The molecule has 14 heavy (non-hydrogen) atoms. The maximum absolute atomic E-state index is 13.1. The molecule has 0 bridgehead atoms. The van der Waals surface area contributed by atoms with Gasteiger partial charge in [-0.1, -0.05) is 26.3 Å². The summed E-state index contributed by atoms with van der Waals surface area (Å²) in [5.41, 5.74) is 1.72. The molecule has 0 amide bonds. The first-order valence-corrected chi connectivity index (χ1v) is 5.02. The van der Waals surface area contributed by atoms with Gasteiger partial charge in [0.25, 0.3) is 0 Å². The summed E-state index contributed by atoms with van der Waals surface area (Å²) in [7, 11) is 0. The van der Waals surface area contributed by atoms with Crippen LogP contribution in [-0.2, 0) is 6.42 Å². The standard InChI is InChI=1S/C12H16F2/c1-3-4-10-5-11(9(2)8-13)7-12(14)6-10/h5-7,9H,3-4,8H2,1-2H3. The third-order valence-electron chi connectivity index (χ3n) is 2.32. The van der Waals surface area contributed by atoms with Crippen molar-refractivity contribution < 1.29 is 8.78 Å². The highest BCUT2D eigenvalue weighted by atomic mass is 19.1. The minimum absolute atomic E-state index is 0.207. The van der Waals surface area contributed by atoms with Crippen molar-refractivity contribution in [1.29, 1.82) is 0 Å². The average molecular weight is 198 g/mol. The summed E-state index contributed by atoms with van der Waals surface area (Å²) in [5.74, 6) is -0.465. The fraction of sp³-hybridized carbons (Fsp3) is 0.500. The molecule has 0 nitrogen and oxygen atoms in total. The van der Waals surface area contributed by atoms with Crippen LogP contribution in [0.4, 0.5) is 8.78 Å². The van der Waals surface area contributed by atoms with Crippen LogP contribution in [0.5, 0.6) is 0 Å². The van der Waals surface area contributed by atoms with E-state index in [1.54, 1.807) is 6.92 Å². The van der Waals surface area contributed by atoms with E-state index in [9.17, 15) is 8.78 Å². The van der Waals surface area contributed by atoms with Crippen LogP contribution in [0.25, 0.3) is 0 Å². The van der Waals surface area contributed by atoms with Crippen molar-refractivity contribution in [2.45, 2.75) is 32.6 Å². The zero-order valence-electron chi connectivity index (χ0n) is 8.69. The number of hydrogen-bond acceptors (Lipinski definition) is 0. The van der Waals surface area contributed by atoms with Gasteiger partial charge >= 0.3 is 0 Å². The van der Waals surface area contributed by atoms with Crippen LogP contribution in [0, 0.1) is 5.82 Å². The molecule has 0 heterocycles. The molecule has 0 aliphatic carbocycles. The van der Waals surface area contributed by atoms with E-state index in [2.05, 4.69) is 0 Å². The number of hydrogen-bond donors (Lipinski definition) is 0. The van der Waals surface area contributed by atoms with E-state index in [0.717, 1.165) is 24.0 Å². The molecule has 1 aromatic carbocycles. The Hall–Kier alpha value is -0.920. The Morgan fingerprint density at radius 1 is 1.29 bits per heavy atom. The Morgan fingerprint density at radius 3 is 2.57 bits per heavy atom. The highest BCUT2D eigenvalue weighted by molar-refractivity contribution is 5.27. The summed E-state index contributed by atoms with van der Waals surface area (Å²) in [6.07, 6.45) is 1.83. The lowest BCUT2D eigenvalue weighted by Gasteiger charge is -2.09. The van der Waals surface area contributed by atoms with Gasteiger partial charge in [-0.15, -0.1) is 0 Å². The predicted molar refractivity (Wildman–Crippen MR) is 54.8 cm³/mol.